The Hall–Kier alpha value is -0.923. The summed E-state index contributed by atoms with van der Waals surface area (Å²) in [7, 11) is -1.77. The van der Waals surface area contributed by atoms with Gasteiger partial charge in [-0.05, 0) is 26.6 Å². The molecule has 116 valence electrons. The zero-order valence-electron chi connectivity index (χ0n) is 13.0. The maximum atomic E-state index is 11.2. The third-order valence-electron chi connectivity index (χ3n) is 2.72. The van der Waals surface area contributed by atoms with Crippen molar-refractivity contribution in [2.75, 3.05) is 0 Å². The molecule has 0 aromatic carbocycles. The number of hydrogen-bond acceptors (Lipinski definition) is 6. The van der Waals surface area contributed by atoms with E-state index >= 15 is 0 Å². The zero-order valence-corrected chi connectivity index (χ0v) is 14.0. The second kappa shape index (κ2) is 6.69. The van der Waals surface area contributed by atoms with Gasteiger partial charge in [-0.3, -0.25) is 9.59 Å². The zero-order chi connectivity index (χ0) is 15.5. The van der Waals surface area contributed by atoms with E-state index in [-0.39, 0.29) is 0 Å². The quantitative estimate of drug-likeness (QED) is 0.583. The van der Waals surface area contributed by atoms with Crippen molar-refractivity contribution in [2.24, 2.45) is 0 Å². The summed E-state index contributed by atoms with van der Waals surface area (Å²) in [5.74, 6) is -0.833. The van der Waals surface area contributed by atoms with Crippen molar-refractivity contribution in [3.63, 3.8) is 0 Å². The van der Waals surface area contributed by atoms with Crippen molar-refractivity contribution in [2.45, 2.75) is 71.4 Å². The van der Waals surface area contributed by atoms with Crippen molar-refractivity contribution in [3.05, 3.63) is 0 Å². The second-order valence-electron chi connectivity index (χ2n) is 5.96. The molecule has 0 aliphatic carbocycles. The van der Waals surface area contributed by atoms with Gasteiger partial charge in [0.05, 0.1) is 6.10 Å². The van der Waals surface area contributed by atoms with Crippen molar-refractivity contribution in [1.29, 1.82) is 0 Å². The van der Waals surface area contributed by atoms with Crippen LogP contribution in [0.25, 0.3) is 0 Å². The van der Waals surface area contributed by atoms with Crippen molar-refractivity contribution < 1.29 is 28.2 Å². The third kappa shape index (κ3) is 5.60. The molecule has 1 saturated heterocycles. The van der Waals surface area contributed by atoms with Gasteiger partial charge in [-0.2, -0.15) is 0 Å². The molecule has 20 heavy (non-hydrogen) atoms. The van der Waals surface area contributed by atoms with Crippen molar-refractivity contribution in [1.82, 2.24) is 0 Å². The second-order valence-corrected chi connectivity index (χ2v) is 10.4. The Bertz CT molecular complexity index is 364. The van der Waals surface area contributed by atoms with Gasteiger partial charge in [0.15, 0.2) is 20.7 Å². The first-order chi connectivity index (χ1) is 9.08. The third-order valence-corrected chi connectivity index (χ3v) is 3.69. The molecule has 0 aromatic heterocycles. The van der Waals surface area contributed by atoms with E-state index in [2.05, 4.69) is 19.6 Å². The molecule has 1 aliphatic rings. The van der Waals surface area contributed by atoms with E-state index in [1.165, 1.54) is 13.8 Å². The first-order valence-corrected chi connectivity index (χ1v) is 10.2. The van der Waals surface area contributed by atoms with Crippen LogP contribution >= 0.6 is 0 Å². The Morgan fingerprint density at radius 3 is 2.10 bits per heavy atom. The Morgan fingerprint density at radius 1 is 1.10 bits per heavy atom. The van der Waals surface area contributed by atoms with Crippen LogP contribution in [0.2, 0.25) is 19.6 Å². The highest BCUT2D eigenvalue weighted by molar-refractivity contribution is 6.69. The topological polar surface area (TPSA) is 71.1 Å². The molecule has 1 fully saturated rings. The molecule has 0 N–H and O–H groups in total. The minimum atomic E-state index is -1.77. The van der Waals surface area contributed by atoms with Crippen LogP contribution in [0.3, 0.4) is 0 Å². The Morgan fingerprint density at radius 2 is 1.65 bits per heavy atom. The van der Waals surface area contributed by atoms with Gasteiger partial charge in [-0.25, -0.2) is 0 Å². The number of esters is 2. The molecule has 1 rings (SSSR count). The molecule has 0 radical (unpaired) electrons. The number of ether oxygens (including phenoxy) is 3. The normalized spacial score (nSPS) is 30.7. The van der Waals surface area contributed by atoms with Gasteiger partial charge < -0.3 is 18.6 Å². The summed E-state index contributed by atoms with van der Waals surface area (Å²) in [5.41, 5.74) is 0. The van der Waals surface area contributed by atoms with E-state index in [1.807, 2.05) is 0 Å². The van der Waals surface area contributed by atoms with E-state index in [0.29, 0.717) is 6.42 Å². The molecule has 1 aliphatic heterocycles. The molecule has 6 nitrogen and oxygen atoms in total. The molecule has 0 bridgehead atoms. The molecule has 0 saturated carbocycles. The Labute approximate surface area is 120 Å². The van der Waals surface area contributed by atoms with Crippen molar-refractivity contribution in [3.8, 4) is 0 Å². The summed E-state index contributed by atoms with van der Waals surface area (Å²) in [6.07, 6.45) is -1.60. The van der Waals surface area contributed by atoms with Gasteiger partial charge >= 0.3 is 11.9 Å². The maximum absolute atomic E-state index is 11.2. The lowest BCUT2D eigenvalue weighted by atomic mass is 10.0. The Balaban J connectivity index is 2.79. The number of carbonyl (C=O) groups excluding carboxylic acids is 2. The molecule has 7 heteroatoms. The molecular weight excluding hydrogens is 280 g/mol. The standard InChI is InChI=1S/C13H24O6Si/c1-8-13(18-10(3)15)11(17-9(2)14)7-12(16-8)19-20(4,5)6/h8,11-13H,7H2,1-6H3/t8-,11-,12-,13-/m0/s1. The maximum Gasteiger partial charge on any atom is 0.303 e. The summed E-state index contributed by atoms with van der Waals surface area (Å²) in [6, 6.07) is 0. The van der Waals surface area contributed by atoms with Crippen LogP contribution in [0.1, 0.15) is 27.2 Å². The van der Waals surface area contributed by atoms with Crippen LogP contribution in [-0.4, -0.2) is 44.9 Å². The molecule has 0 unspecified atom stereocenters. The monoisotopic (exact) mass is 304 g/mol. The van der Waals surface area contributed by atoms with Gasteiger partial charge in [-0.1, -0.05) is 0 Å². The molecular formula is C13H24O6Si. The number of carbonyl (C=O) groups is 2. The Kier molecular flexibility index (Phi) is 5.73. The van der Waals surface area contributed by atoms with Gasteiger partial charge in [-0.15, -0.1) is 0 Å². The van der Waals surface area contributed by atoms with E-state index in [4.69, 9.17) is 18.6 Å². The minimum Gasteiger partial charge on any atom is -0.458 e. The number of rotatable bonds is 4. The van der Waals surface area contributed by atoms with Gasteiger partial charge in [0.2, 0.25) is 0 Å². The molecule has 0 amide bonds. The fraction of sp³-hybridized carbons (Fsp3) is 0.846. The van der Waals surface area contributed by atoms with Crippen LogP contribution in [0, 0.1) is 0 Å². The average molecular weight is 304 g/mol. The predicted octanol–water partition coefficient (Wildman–Crippen LogP) is 1.84. The number of hydrogen-bond donors (Lipinski definition) is 0. The van der Waals surface area contributed by atoms with Crippen LogP contribution in [-0.2, 0) is 28.2 Å². The van der Waals surface area contributed by atoms with Crippen LogP contribution in [0.5, 0.6) is 0 Å². The minimum absolute atomic E-state index is 0.367. The van der Waals surface area contributed by atoms with Gasteiger partial charge in [0.1, 0.15) is 6.10 Å². The van der Waals surface area contributed by atoms with Gasteiger partial charge in [0.25, 0.3) is 0 Å². The van der Waals surface area contributed by atoms with Crippen LogP contribution in [0.4, 0.5) is 0 Å². The highest BCUT2D eigenvalue weighted by Crippen LogP contribution is 2.27. The smallest absolute Gasteiger partial charge is 0.303 e. The summed E-state index contributed by atoms with van der Waals surface area (Å²) in [5, 5.41) is 0. The fourth-order valence-corrected chi connectivity index (χ4v) is 3.10. The van der Waals surface area contributed by atoms with Gasteiger partial charge in [0, 0.05) is 20.3 Å². The predicted molar refractivity (Wildman–Crippen MR) is 74.5 cm³/mol. The summed E-state index contributed by atoms with van der Waals surface area (Å²) >= 11 is 0. The lowest BCUT2D eigenvalue weighted by molar-refractivity contribution is -0.236. The van der Waals surface area contributed by atoms with Crippen LogP contribution in [0.15, 0.2) is 0 Å². The molecule has 1 heterocycles. The molecule has 0 spiro atoms. The summed E-state index contributed by atoms with van der Waals surface area (Å²) in [6.45, 7) is 10.6. The average Bonchev–Trinajstić information content (AvgIpc) is 2.19. The highest BCUT2D eigenvalue weighted by Gasteiger charge is 2.42. The lowest BCUT2D eigenvalue weighted by Gasteiger charge is -2.40. The molecule has 0 aromatic rings. The first kappa shape index (κ1) is 17.1. The SMILES string of the molecule is CC(=O)O[C@H]1[C@H](C)O[C@@H](O[Si](C)(C)C)C[C@@H]1OC(C)=O. The summed E-state index contributed by atoms with van der Waals surface area (Å²) < 4.78 is 22.1. The van der Waals surface area contributed by atoms with E-state index < -0.39 is 44.9 Å². The fourth-order valence-electron chi connectivity index (χ4n) is 2.16. The van der Waals surface area contributed by atoms with Crippen LogP contribution < -0.4 is 0 Å². The van der Waals surface area contributed by atoms with E-state index in [9.17, 15) is 9.59 Å². The summed E-state index contributed by atoms with van der Waals surface area (Å²) in [4.78, 5) is 22.4. The lowest BCUT2D eigenvalue weighted by Crippen LogP contribution is -2.52. The molecule has 4 atom stereocenters. The largest absolute Gasteiger partial charge is 0.458 e. The van der Waals surface area contributed by atoms with E-state index in [1.54, 1.807) is 6.92 Å². The van der Waals surface area contributed by atoms with Crippen molar-refractivity contribution >= 4 is 20.3 Å². The highest BCUT2D eigenvalue weighted by atomic mass is 28.4. The first-order valence-electron chi connectivity index (χ1n) is 6.76. The van der Waals surface area contributed by atoms with E-state index in [0.717, 1.165) is 0 Å².